The summed E-state index contributed by atoms with van der Waals surface area (Å²) in [5.74, 6) is 2.84. The Morgan fingerprint density at radius 2 is 1.84 bits per heavy atom. The summed E-state index contributed by atoms with van der Waals surface area (Å²) in [6.45, 7) is 16.7. The first kappa shape index (κ1) is 15.2. The number of Topliss-reactive ketones (excluding diaryl/α,β-unsaturated/α-hetero) is 1. The molecule has 0 N–H and O–H groups in total. The third-order valence-electron chi connectivity index (χ3n) is 6.29. The number of hydrogen-bond donors (Lipinski definition) is 0. The molecule has 0 spiro atoms. The van der Waals surface area contributed by atoms with Gasteiger partial charge in [-0.25, -0.2) is 0 Å². The zero-order chi connectivity index (χ0) is 14.6. The van der Waals surface area contributed by atoms with Crippen LogP contribution < -0.4 is 0 Å². The minimum absolute atomic E-state index is 0.255. The molecular weight excluding hydrogens is 252 g/mol. The first-order chi connectivity index (χ1) is 8.56. The van der Waals surface area contributed by atoms with Gasteiger partial charge >= 0.3 is 0 Å². The van der Waals surface area contributed by atoms with E-state index < -0.39 is 8.32 Å². The molecule has 2 aliphatic carbocycles. The van der Waals surface area contributed by atoms with E-state index in [9.17, 15) is 4.79 Å². The van der Waals surface area contributed by atoms with Crippen molar-refractivity contribution >= 4 is 14.1 Å². The van der Waals surface area contributed by atoms with E-state index in [-0.39, 0.29) is 5.04 Å². The largest absolute Gasteiger partial charge is 0.417 e. The Balaban J connectivity index is 2.01. The van der Waals surface area contributed by atoms with Gasteiger partial charge in [0.15, 0.2) is 8.32 Å². The van der Waals surface area contributed by atoms with E-state index in [4.69, 9.17) is 4.43 Å². The quantitative estimate of drug-likeness (QED) is 0.728. The molecule has 2 fully saturated rings. The first-order valence-corrected chi connectivity index (χ1v) is 10.6. The van der Waals surface area contributed by atoms with E-state index >= 15 is 0 Å². The molecule has 0 radical (unpaired) electrons. The summed E-state index contributed by atoms with van der Waals surface area (Å²) in [5, 5.41) is 0.255. The van der Waals surface area contributed by atoms with Crippen molar-refractivity contribution in [2.75, 3.05) is 6.61 Å². The van der Waals surface area contributed by atoms with Gasteiger partial charge in [-0.05, 0) is 42.3 Å². The molecule has 0 aliphatic heterocycles. The van der Waals surface area contributed by atoms with Crippen molar-refractivity contribution in [3.8, 4) is 0 Å². The number of carbonyl (C=O) groups is 1. The SMILES string of the molecule is C[C@@H]1[C@@H](CO[Si](C)(C)C(C)(C)C)[C@@H]2C[C@H]1[C@@H](C)C2=O. The maximum atomic E-state index is 12.2. The number of fused-ring (bicyclic) bond motifs is 2. The fourth-order valence-corrected chi connectivity index (χ4v) is 4.73. The zero-order valence-corrected chi connectivity index (χ0v) is 14.6. The molecule has 0 aromatic heterocycles. The second-order valence-electron chi connectivity index (χ2n) is 8.29. The molecule has 0 heterocycles. The molecular formula is C16H30O2Si. The van der Waals surface area contributed by atoms with Crippen molar-refractivity contribution in [2.45, 2.75) is 59.2 Å². The molecule has 0 aromatic carbocycles. The van der Waals surface area contributed by atoms with E-state index in [2.05, 4.69) is 47.7 Å². The third-order valence-corrected chi connectivity index (χ3v) is 10.8. The van der Waals surface area contributed by atoms with Crippen LogP contribution in [-0.2, 0) is 9.22 Å². The van der Waals surface area contributed by atoms with Gasteiger partial charge in [0.1, 0.15) is 5.78 Å². The third kappa shape index (κ3) is 2.44. The highest BCUT2D eigenvalue weighted by molar-refractivity contribution is 6.74. The summed E-state index contributed by atoms with van der Waals surface area (Å²) >= 11 is 0. The van der Waals surface area contributed by atoms with Crippen LogP contribution in [0.15, 0.2) is 0 Å². The van der Waals surface area contributed by atoms with Gasteiger partial charge in [0, 0.05) is 18.4 Å². The molecule has 0 amide bonds. The Morgan fingerprint density at radius 1 is 1.26 bits per heavy atom. The Hall–Kier alpha value is -0.153. The molecule has 2 saturated carbocycles. The molecule has 5 atom stereocenters. The molecule has 3 heteroatoms. The minimum atomic E-state index is -1.68. The van der Waals surface area contributed by atoms with Gasteiger partial charge in [0.2, 0.25) is 0 Å². The monoisotopic (exact) mass is 282 g/mol. The zero-order valence-electron chi connectivity index (χ0n) is 13.6. The molecule has 110 valence electrons. The van der Waals surface area contributed by atoms with Crippen LogP contribution in [0.3, 0.4) is 0 Å². The number of ketones is 1. The van der Waals surface area contributed by atoms with E-state index in [1.807, 2.05) is 0 Å². The molecule has 2 bridgehead atoms. The van der Waals surface area contributed by atoms with Crippen LogP contribution in [0, 0.1) is 29.6 Å². The highest BCUT2D eigenvalue weighted by Crippen LogP contribution is 2.53. The highest BCUT2D eigenvalue weighted by Gasteiger charge is 2.54. The van der Waals surface area contributed by atoms with Crippen LogP contribution >= 0.6 is 0 Å². The molecule has 19 heavy (non-hydrogen) atoms. The van der Waals surface area contributed by atoms with Crippen LogP contribution in [0.4, 0.5) is 0 Å². The molecule has 2 rings (SSSR count). The van der Waals surface area contributed by atoms with Crippen molar-refractivity contribution in [1.29, 1.82) is 0 Å². The normalized spacial score (nSPS) is 39.1. The fourth-order valence-electron chi connectivity index (χ4n) is 3.69. The highest BCUT2D eigenvalue weighted by atomic mass is 28.4. The first-order valence-electron chi connectivity index (χ1n) is 7.74. The molecule has 0 saturated heterocycles. The number of rotatable bonds is 3. The van der Waals surface area contributed by atoms with Crippen molar-refractivity contribution in [2.24, 2.45) is 29.6 Å². The maximum absolute atomic E-state index is 12.2. The van der Waals surface area contributed by atoms with Gasteiger partial charge in [0.25, 0.3) is 0 Å². The maximum Gasteiger partial charge on any atom is 0.191 e. The number of carbonyl (C=O) groups excluding carboxylic acids is 1. The van der Waals surface area contributed by atoms with Gasteiger partial charge in [-0.15, -0.1) is 0 Å². The van der Waals surface area contributed by atoms with Crippen LogP contribution in [0.25, 0.3) is 0 Å². The van der Waals surface area contributed by atoms with E-state index in [0.29, 0.717) is 35.4 Å². The summed E-state index contributed by atoms with van der Waals surface area (Å²) in [6, 6.07) is 0. The van der Waals surface area contributed by atoms with Crippen molar-refractivity contribution in [3.63, 3.8) is 0 Å². The van der Waals surface area contributed by atoms with E-state index in [1.165, 1.54) is 0 Å². The lowest BCUT2D eigenvalue weighted by Crippen LogP contribution is -2.44. The Morgan fingerprint density at radius 3 is 2.32 bits per heavy atom. The Bertz CT molecular complexity index is 369. The topological polar surface area (TPSA) is 26.3 Å². The summed E-state index contributed by atoms with van der Waals surface area (Å²) in [6.07, 6.45) is 1.12. The predicted molar refractivity (Wildman–Crippen MR) is 81.6 cm³/mol. The Kier molecular flexibility index (Phi) is 3.77. The smallest absolute Gasteiger partial charge is 0.191 e. The van der Waals surface area contributed by atoms with Crippen molar-refractivity contribution in [1.82, 2.24) is 0 Å². The van der Waals surface area contributed by atoms with Gasteiger partial charge < -0.3 is 4.43 Å². The predicted octanol–water partition coefficient (Wildman–Crippen LogP) is 4.12. The lowest BCUT2D eigenvalue weighted by molar-refractivity contribution is -0.128. The van der Waals surface area contributed by atoms with Crippen LogP contribution in [-0.4, -0.2) is 20.7 Å². The summed E-state index contributed by atoms with van der Waals surface area (Å²) in [4.78, 5) is 12.2. The molecule has 2 aliphatic rings. The molecule has 2 nitrogen and oxygen atoms in total. The lowest BCUT2D eigenvalue weighted by atomic mass is 9.75. The van der Waals surface area contributed by atoms with Crippen molar-refractivity contribution < 1.29 is 9.22 Å². The second-order valence-corrected chi connectivity index (χ2v) is 13.1. The average molecular weight is 282 g/mol. The number of hydrogen-bond acceptors (Lipinski definition) is 2. The van der Waals surface area contributed by atoms with E-state index in [1.54, 1.807) is 0 Å². The van der Waals surface area contributed by atoms with Gasteiger partial charge in [0.05, 0.1) is 0 Å². The summed E-state index contributed by atoms with van der Waals surface area (Å²) in [5.41, 5.74) is 0. The van der Waals surface area contributed by atoms with Gasteiger partial charge in [-0.1, -0.05) is 34.6 Å². The Labute approximate surface area is 119 Å². The minimum Gasteiger partial charge on any atom is -0.417 e. The average Bonchev–Trinajstić information content (AvgIpc) is 2.73. The fraction of sp³-hybridized carbons (Fsp3) is 0.938. The van der Waals surface area contributed by atoms with Crippen LogP contribution in [0.1, 0.15) is 41.0 Å². The second kappa shape index (κ2) is 4.69. The van der Waals surface area contributed by atoms with Gasteiger partial charge in [-0.3, -0.25) is 4.79 Å². The molecule has 0 unspecified atom stereocenters. The van der Waals surface area contributed by atoms with E-state index in [0.717, 1.165) is 13.0 Å². The van der Waals surface area contributed by atoms with Crippen LogP contribution in [0.5, 0.6) is 0 Å². The van der Waals surface area contributed by atoms with Gasteiger partial charge in [-0.2, -0.15) is 0 Å². The molecule has 0 aromatic rings. The van der Waals surface area contributed by atoms with Crippen molar-refractivity contribution in [3.05, 3.63) is 0 Å². The van der Waals surface area contributed by atoms with Crippen LogP contribution in [0.2, 0.25) is 18.1 Å². The lowest BCUT2D eigenvalue weighted by Gasteiger charge is -2.39. The summed E-state index contributed by atoms with van der Waals surface area (Å²) < 4.78 is 6.37. The summed E-state index contributed by atoms with van der Waals surface area (Å²) in [7, 11) is -1.68. The standard InChI is InChI=1S/C16H30O2Si/c1-10-12-8-13(15(17)11(12)2)14(10)9-18-19(6,7)16(3,4)5/h10-14H,8-9H2,1-7H3/t10-,11+,12+,13-,14+/m0/s1.